The first kappa shape index (κ1) is 20.6. The number of rotatable bonds is 7. The Hall–Kier alpha value is -4.11. The number of esters is 1. The summed E-state index contributed by atoms with van der Waals surface area (Å²) in [4.78, 5) is 23.4. The molecule has 0 fully saturated rings. The molecule has 0 aliphatic carbocycles. The highest BCUT2D eigenvalue weighted by Crippen LogP contribution is 2.25. The van der Waals surface area contributed by atoms with Crippen molar-refractivity contribution < 1.29 is 23.5 Å². The van der Waals surface area contributed by atoms with Crippen molar-refractivity contribution in [2.24, 2.45) is 0 Å². The molecule has 0 saturated carbocycles. The first-order valence-corrected chi connectivity index (χ1v) is 9.07. The van der Waals surface area contributed by atoms with Crippen molar-refractivity contribution in [2.45, 2.75) is 13.5 Å². The number of halogens is 1. The molecule has 0 heterocycles. The van der Waals surface area contributed by atoms with Crippen LogP contribution >= 0.6 is 0 Å². The Bertz CT molecular complexity index is 1060. The molecule has 0 saturated heterocycles. The second-order valence-corrected chi connectivity index (χ2v) is 6.23. The highest BCUT2D eigenvalue weighted by molar-refractivity contribution is 6.02. The Labute approximate surface area is 173 Å². The summed E-state index contributed by atoms with van der Waals surface area (Å²) in [7, 11) is 0. The second kappa shape index (κ2) is 9.89. The summed E-state index contributed by atoms with van der Waals surface area (Å²) in [5.41, 5.74) is 1.94. The number of nitrogens with one attached hydrogen (secondary N) is 1. The van der Waals surface area contributed by atoms with Crippen molar-refractivity contribution in [1.29, 1.82) is 0 Å². The molecule has 0 bridgehead atoms. The predicted octanol–water partition coefficient (Wildman–Crippen LogP) is 4.58. The molecule has 30 heavy (non-hydrogen) atoms. The fraction of sp³-hybridized carbons (Fsp3) is 0.0833. The minimum Gasteiger partial charge on any atom is -0.487 e. The van der Waals surface area contributed by atoms with Gasteiger partial charge in [-0.15, -0.1) is 0 Å². The zero-order valence-electron chi connectivity index (χ0n) is 16.1. The molecule has 0 aliphatic heterocycles. The van der Waals surface area contributed by atoms with E-state index in [1.165, 1.54) is 31.2 Å². The van der Waals surface area contributed by atoms with Crippen LogP contribution in [0.3, 0.4) is 0 Å². The van der Waals surface area contributed by atoms with E-state index in [2.05, 4.69) is 17.4 Å². The van der Waals surface area contributed by atoms with E-state index in [0.29, 0.717) is 23.6 Å². The fourth-order valence-electron chi connectivity index (χ4n) is 2.53. The van der Waals surface area contributed by atoms with E-state index in [9.17, 15) is 14.0 Å². The van der Waals surface area contributed by atoms with Gasteiger partial charge >= 0.3 is 5.97 Å². The summed E-state index contributed by atoms with van der Waals surface area (Å²) in [6.07, 6.45) is 2.78. The first-order chi connectivity index (χ1) is 14.5. The Balaban J connectivity index is 1.66. The molecule has 0 aliphatic rings. The number of carbonyl (C=O) groups is 2. The summed E-state index contributed by atoms with van der Waals surface area (Å²) in [5.74, 6) is -1.36. The lowest BCUT2D eigenvalue weighted by Gasteiger charge is -2.11. The summed E-state index contributed by atoms with van der Waals surface area (Å²) in [6.45, 7) is 1.51. The van der Waals surface area contributed by atoms with Crippen LogP contribution in [0, 0.1) is 17.9 Å². The van der Waals surface area contributed by atoms with Crippen LogP contribution in [0.5, 0.6) is 11.5 Å². The number of carbonyl (C=O) groups excluding carboxylic acids is 2. The smallest absolute Gasteiger partial charge is 0.308 e. The van der Waals surface area contributed by atoms with Crippen LogP contribution in [0.4, 0.5) is 10.1 Å². The number of para-hydroxylation sites is 2. The maximum atomic E-state index is 13.7. The van der Waals surface area contributed by atoms with Gasteiger partial charge in [-0.25, -0.2) is 4.39 Å². The van der Waals surface area contributed by atoms with Crippen molar-refractivity contribution in [1.82, 2.24) is 0 Å². The van der Waals surface area contributed by atoms with Gasteiger partial charge in [0.15, 0.2) is 11.6 Å². The van der Waals surface area contributed by atoms with Gasteiger partial charge in [0.05, 0.1) is 5.69 Å². The largest absolute Gasteiger partial charge is 0.487 e. The minimum absolute atomic E-state index is 0.195. The molecule has 0 atom stereocenters. The lowest BCUT2D eigenvalue weighted by atomic mass is 10.2. The first-order valence-electron chi connectivity index (χ1n) is 9.07. The van der Waals surface area contributed by atoms with Crippen molar-refractivity contribution in [3.8, 4) is 11.5 Å². The Morgan fingerprint density at radius 1 is 1.10 bits per heavy atom. The highest BCUT2D eigenvalue weighted by Gasteiger charge is 2.08. The third-order valence-electron chi connectivity index (χ3n) is 3.90. The molecular weight excluding hydrogens is 385 g/mol. The van der Waals surface area contributed by atoms with E-state index in [-0.39, 0.29) is 5.75 Å². The lowest BCUT2D eigenvalue weighted by Crippen LogP contribution is -2.09. The summed E-state index contributed by atoms with van der Waals surface area (Å²) in [6, 6.07) is 22.1. The average molecular weight is 403 g/mol. The molecule has 0 unspecified atom stereocenters. The minimum atomic E-state index is -0.660. The van der Waals surface area contributed by atoms with Crippen LogP contribution in [0.15, 0.2) is 66.7 Å². The molecule has 0 aromatic heterocycles. The molecule has 1 N–H and O–H groups in total. The Morgan fingerprint density at radius 3 is 2.70 bits per heavy atom. The quantitative estimate of drug-likeness (QED) is 0.356. The molecule has 1 amide bonds. The third-order valence-corrected chi connectivity index (χ3v) is 3.90. The van der Waals surface area contributed by atoms with Gasteiger partial charge in [0.1, 0.15) is 12.4 Å². The normalized spacial score (nSPS) is 10.3. The summed E-state index contributed by atoms with van der Waals surface area (Å²) < 4.78 is 24.2. The zero-order chi connectivity index (χ0) is 21.3. The van der Waals surface area contributed by atoms with E-state index in [4.69, 9.17) is 9.47 Å². The van der Waals surface area contributed by atoms with E-state index in [0.717, 1.165) is 11.6 Å². The maximum absolute atomic E-state index is 13.7. The Kier molecular flexibility index (Phi) is 6.80. The molecule has 0 spiro atoms. The summed E-state index contributed by atoms with van der Waals surface area (Å²) >= 11 is 0. The second-order valence-electron chi connectivity index (χ2n) is 6.23. The van der Waals surface area contributed by atoms with Gasteiger partial charge in [-0.3, -0.25) is 9.59 Å². The van der Waals surface area contributed by atoms with Gasteiger partial charge in [-0.1, -0.05) is 30.3 Å². The van der Waals surface area contributed by atoms with Gasteiger partial charge in [0, 0.05) is 13.0 Å². The summed E-state index contributed by atoms with van der Waals surface area (Å²) in [5, 5.41) is 2.75. The molecule has 6 heteroatoms. The fourth-order valence-corrected chi connectivity index (χ4v) is 2.53. The van der Waals surface area contributed by atoms with Crippen LogP contribution in [0.1, 0.15) is 18.1 Å². The van der Waals surface area contributed by atoms with E-state index in [1.807, 2.05) is 6.07 Å². The number of hydrogen-bond acceptors (Lipinski definition) is 4. The van der Waals surface area contributed by atoms with Crippen LogP contribution in [0.2, 0.25) is 0 Å². The zero-order valence-corrected chi connectivity index (χ0v) is 16.1. The molecule has 150 valence electrons. The monoisotopic (exact) mass is 403 g/mol. The van der Waals surface area contributed by atoms with Gasteiger partial charge in [0.25, 0.3) is 0 Å². The molecule has 0 radical (unpaired) electrons. The van der Waals surface area contributed by atoms with Crippen LogP contribution in [0.25, 0.3) is 6.08 Å². The highest BCUT2D eigenvalue weighted by atomic mass is 19.1. The molecule has 3 aromatic carbocycles. The Morgan fingerprint density at radius 2 is 1.93 bits per heavy atom. The number of ether oxygens (including phenoxy) is 2. The topological polar surface area (TPSA) is 64.6 Å². The van der Waals surface area contributed by atoms with E-state index >= 15 is 0 Å². The van der Waals surface area contributed by atoms with Crippen molar-refractivity contribution in [3.63, 3.8) is 0 Å². The molecule has 3 rings (SSSR count). The average Bonchev–Trinajstić information content (AvgIpc) is 2.74. The molecule has 3 aromatic rings. The SMILES string of the molecule is CC(=O)Oc1cc(C=CC(=O)Nc2ccccc2OCc2cc#ccc2)ccc1F. The number of amides is 1. The van der Waals surface area contributed by atoms with E-state index < -0.39 is 17.7 Å². The van der Waals surface area contributed by atoms with Crippen LogP contribution in [-0.2, 0) is 16.2 Å². The van der Waals surface area contributed by atoms with Gasteiger partial charge < -0.3 is 14.8 Å². The van der Waals surface area contributed by atoms with Gasteiger partial charge in [0.2, 0.25) is 5.91 Å². The van der Waals surface area contributed by atoms with Gasteiger partial charge in [-0.2, -0.15) is 0 Å². The third kappa shape index (κ3) is 5.94. The van der Waals surface area contributed by atoms with Crippen molar-refractivity contribution in [3.05, 3.63) is 95.8 Å². The predicted molar refractivity (Wildman–Crippen MR) is 110 cm³/mol. The van der Waals surface area contributed by atoms with Crippen LogP contribution < -0.4 is 14.8 Å². The lowest BCUT2D eigenvalue weighted by molar-refractivity contribution is -0.132. The molecule has 5 nitrogen and oxygen atoms in total. The van der Waals surface area contributed by atoms with Crippen LogP contribution in [-0.4, -0.2) is 11.9 Å². The van der Waals surface area contributed by atoms with Crippen molar-refractivity contribution >= 4 is 23.6 Å². The van der Waals surface area contributed by atoms with Crippen molar-refractivity contribution in [2.75, 3.05) is 5.32 Å². The number of anilines is 1. The van der Waals surface area contributed by atoms with Gasteiger partial charge in [-0.05, 0) is 59.7 Å². The van der Waals surface area contributed by atoms with E-state index in [1.54, 1.807) is 36.4 Å². The maximum Gasteiger partial charge on any atom is 0.308 e. The number of benzene rings is 2. The molecular formula is C24H18FNO4. The standard InChI is InChI=1S/C24H18FNO4/c1-17(27)30-23-15-18(11-13-20(23)25)12-14-24(28)26-21-9-5-6-10-22(21)29-16-19-7-3-2-4-8-19/h3,5-15H,16H2,1H3,(H,26,28). The number of hydrogen-bond donors (Lipinski definition) is 1.